The number of carbonyl (C=O) groups excluding carboxylic acids is 1. The summed E-state index contributed by atoms with van der Waals surface area (Å²) < 4.78 is 6.60. The van der Waals surface area contributed by atoms with Gasteiger partial charge >= 0.3 is 0 Å². The first-order valence-corrected chi connectivity index (χ1v) is 10.9. The lowest BCUT2D eigenvalue weighted by molar-refractivity contribution is -0.947. The monoisotopic (exact) mass is 562 g/mol. The van der Waals surface area contributed by atoms with Crippen molar-refractivity contribution in [3.05, 3.63) is 63.6 Å². The molecule has 1 aliphatic heterocycles. The van der Waals surface area contributed by atoms with Crippen LogP contribution in [0, 0.1) is 0 Å². The summed E-state index contributed by atoms with van der Waals surface area (Å²) in [5.41, 5.74) is 2.52. The van der Waals surface area contributed by atoms with Crippen molar-refractivity contribution < 1.29 is 38.0 Å². The van der Waals surface area contributed by atoms with Crippen LogP contribution in [0.1, 0.15) is 42.1 Å². The van der Waals surface area contributed by atoms with Gasteiger partial charge in [-0.3, -0.25) is 4.79 Å². The van der Waals surface area contributed by atoms with Crippen LogP contribution in [-0.4, -0.2) is 43.2 Å². The summed E-state index contributed by atoms with van der Waals surface area (Å²) >= 11 is 11.9. The first kappa shape index (κ1) is 25.4. The molecule has 1 fully saturated rings. The fourth-order valence-electron chi connectivity index (χ4n) is 4.16. The topological polar surface area (TPSA) is 38.3 Å². The highest BCUT2D eigenvalue weighted by atomic mass is 127. The van der Waals surface area contributed by atoms with Crippen molar-refractivity contribution in [3.8, 4) is 0 Å². The first-order chi connectivity index (χ1) is 13.9. The van der Waals surface area contributed by atoms with Crippen LogP contribution >= 0.6 is 23.2 Å². The van der Waals surface area contributed by atoms with Gasteiger partial charge in [-0.2, -0.15) is 0 Å². The van der Waals surface area contributed by atoms with Gasteiger partial charge in [0.2, 0.25) is 0 Å². The summed E-state index contributed by atoms with van der Waals surface area (Å²) in [5, 5.41) is 3.73. The smallest absolute Gasteiger partial charge is 0.255 e. The Bertz CT molecular complexity index is 842. The summed E-state index contributed by atoms with van der Waals surface area (Å²) in [5.74, 6) is -0.204. The SMILES string of the molecule is CCC[N+](C)(Cc1ccc(NC(=O)c2ccc(Cl)c(Cl)c2)cc1)C1CCOCC1.[I-]. The van der Waals surface area contributed by atoms with E-state index in [1.54, 1.807) is 18.2 Å². The van der Waals surface area contributed by atoms with Gasteiger partial charge in [-0.1, -0.05) is 42.3 Å². The summed E-state index contributed by atoms with van der Waals surface area (Å²) in [6, 6.07) is 13.7. The Labute approximate surface area is 206 Å². The maximum atomic E-state index is 12.5. The predicted octanol–water partition coefficient (Wildman–Crippen LogP) is 2.79. The normalized spacial score (nSPS) is 16.4. The number of carbonyl (C=O) groups is 1. The van der Waals surface area contributed by atoms with E-state index in [-0.39, 0.29) is 29.9 Å². The van der Waals surface area contributed by atoms with E-state index in [9.17, 15) is 4.79 Å². The van der Waals surface area contributed by atoms with Crippen LogP contribution in [0.4, 0.5) is 5.69 Å². The molecule has 4 nitrogen and oxygen atoms in total. The van der Waals surface area contributed by atoms with Gasteiger partial charge in [0.15, 0.2) is 0 Å². The summed E-state index contributed by atoms with van der Waals surface area (Å²) in [6.45, 7) is 6.11. The second-order valence-corrected chi connectivity index (χ2v) is 8.80. The van der Waals surface area contributed by atoms with E-state index < -0.39 is 0 Å². The molecule has 0 bridgehead atoms. The Morgan fingerprint density at radius 1 is 1.10 bits per heavy atom. The maximum Gasteiger partial charge on any atom is 0.255 e. The number of anilines is 1. The molecule has 0 aromatic heterocycles. The van der Waals surface area contributed by atoms with Gasteiger partial charge in [0.05, 0.1) is 42.9 Å². The molecule has 1 heterocycles. The fourth-order valence-corrected chi connectivity index (χ4v) is 4.46. The minimum atomic E-state index is -0.204. The van der Waals surface area contributed by atoms with Crippen LogP contribution in [0.2, 0.25) is 10.0 Å². The molecule has 1 N–H and O–H groups in total. The van der Waals surface area contributed by atoms with Crippen molar-refractivity contribution >= 4 is 34.8 Å². The van der Waals surface area contributed by atoms with Gasteiger partial charge in [-0.25, -0.2) is 0 Å². The Morgan fingerprint density at radius 2 is 1.77 bits per heavy atom. The molecule has 1 aliphatic rings. The number of quaternary nitrogens is 1. The molecule has 3 rings (SSSR count). The highest BCUT2D eigenvalue weighted by molar-refractivity contribution is 6.42. The molecule has 7 heteroatoms. The van der Waals surface area contributed by atoms with E-state index in [1.807, 2.05) is 12.1 Å². The highest BCUT2D eigenvalue weighted by Crippen LogP contribution is 2.26. The zero-order valence-corrected chi connectivity index (χ0v) is 21.1. The van der Waals surface area contributed by atoms with E-state index >= 15 is 0 Å². The average Bonchev–Trinajstić information content (AvgIpc) is 2.72. The second-order valence-electron chi connectivity index (χ2n) is 7.98. The Kier molecular flexibility index (Phi) is 9.88. The van der Waals surface area contributed by atoms with E-state index in [2.05, 4.69) is 31.4 Å². The average molecular weight is 563 g/mol. The molecule has 1 atom stereocenters. The van der Waals surface area contributed by atoms with Crippen molar-refractivity contribution in [1.29, 1.82) is 0 Å². The first-order valence-electron chi connectivity index (χ1n) is 10.2. The molecule has 1 amide bonds. The van der Waals surface area contributed by atoms with Crippen molar-refractivity contribution in [2.24, 2.45) is 0 Å². The summed E-state index contributed by atoms with van der Waals surface area (Å²) in [6.07, 6.45) is 3.40. The molecule has 2 aromatic carbocycles. The van der Waals surface area contributed by atoms with E-state index in [0.717, 1.165) is 55.7 Å². The van der Waals surface area contributed by atoms with Crippen molar-refractivity contribution in [2.75, 3.05) is 32.1 Å². The molecular formula is C23H29Cl2IN2O2. The number of nitrogens with one attached hydrogen (secondary N) is 1. The van der Waals surface area contributed by atoms with Crippen LogP contribution in [-0.2, 0) is 11.3 Å². The van der Waals surface area contributed by atoms with Crippen molar-refractivity contribution in [3.63, 3.8) is 0 Å². The highest BCUT2D eigenvalue weighted by Gasteiger charge is 2.33. The lowest BCUT2D eigenvalue weighted by Crippen LogP contribution is -3.00. The van der Waals surface area contributed by atoms with E-state index in [0.29, 0.717) is 21.7 Å². The van der Waals surface area contributed by atoms with Gasteiger partial charge < -0.3 is 38.5 Å². The lowest BCUT2D eigenvalue weighted by Gasteiger charge is -2.43. The van der Waals surface area contributed by atoms with Gasteiger partial charge in [0, 0.05) is 29.7 Å². The zero-order chi connectivity index (χ0) is 20.9. The quantitative estimate of drug-likeness (QED) is 0.416. The number of rotatable bonds is 7. The number of benzene rings is 2. The van der Waals surface area contributed by atoms with Crippen LogP contribution in [0.25, 0.3) is 0 Å². The summed E-state index contributed by atoms with van der Waals surface area (Å²) in [7, 11) is 2.36. The molecule has 1 saturated heterocycles. The van der Waals surface area contributed by atoms with Crippen LogP contribution in [0.15, 0.2) is 42.5 Å². The number of hydrogen-bond acceptors (Lipinski definition) is 2. The number of halogens is 3. The van der Waals surface area contributed by atoms with E-state index in [1.165, 1.54) is 5.56 Å². The third-order valence-corrected chi connectivity index (χ3v) is 6.48. The van der Waals surface area contributed by atoms with Gasteiger partial charge in [0.25, 0.3) is 5.91 Å². The molecule has 0 spiro atoms. The largest absolute Gasteiger partial charge is 1.00 e. The minimum absolute atomic E-state index is 0. The van der Waals surface area contributed by atoms with Crippen molar-refractivity contribution in [2.45, 2.75) is 38.8 Å². The molecule has 0 aliphatic carbocycles. The van der Waals surface area contributed by atoms with Gasteiger partial charge in [-0.15, -0.1) is 0 Å². The molecule has 30 heavy (non-hydrogen) atoms. The molecule has 0 saturated carbocycles. The molecule has 2 aromatic rings. The third kappa shape index (κ3) is 6.57. The second kappa shape index (κ2) is 11.7. The molecule has 164 valence electrons. The zero-order valence-electron chi connectivity index (χ0n) is 17.5. The van der Waals surface area contributed by atoms with Crippen LogP contribution < -0.4 is 29.3 Å². The number of amides is 1. The Balaban J connectivity index is 0.00000320. The third-order valence-electron chi connectivity index (χ3n) is 5.74. The number of ether oxygens (including phenoxy) is 1. The fraction of sp³-hybridized carbons (Fsp3) is 0.435. The van der Waals surface area contributed by atoms with Crippen LogP contribution in [0.3, 0.4) is 0 Å². The van der Waals surface area contributed by atoms with E-state index in [4.69, 9.17) is 27.9 Å². The Hall–Kier alpha value is -0.860. The summed E-state index contributed by atoms with van der Waals surface area (Å²) in [4.78, 5) is 12.5. The molecule has 1 unspecified atom stereocenters. The molecule has 0 radical (unpaired) electrons. The van der Waals surface area contributed by atoms with Gasteiger partial charge in [0.1, 0.15) is 6.54 Å². The predicted molar refractivity (Wildman–Crippen MR) is 120 cm³/mol. The number of nitrogens with zero attached hydrogens (tertiary/aromatic N) is 1. The number of hydrogen-bond donors (Lipinski definition) is 1. The van der Waals surface area contributed by atoms with Crippen molar-refractivity contribution in [1.82, 2.24) is 0 Å². The maximum absolute atomic E-state index is 12.5. The standard InChI is InChI=1S/C23H28Cl2N2O2.HI/c1-3-12-27(2,20-10-13-29-14-11-20)16-17-4-7-19(8-5-17)26-23(28)18-6-9-21(24)22(25)15-18;/h4-9,15,20H,3,10-14,16H2,1-2H3;1H. The minimum Gasteiger partial charge on any atom is -1.00 e. The molecular weight excluding hydrogens is 534 g/mol. The van der Waals surface area contributed by atoms with Crippen LogP contribution in [0.5, 0.6) is 0 Å². The van der Waals surface area contributed by atoms with Gasteiger partial charge in [-0.05, 0) is 36.8 Å². The Morgan fingerprint density at radius 3 is 2.37 bits per heavy atom. The lowest BCUT2D eigenvalue weighted by atomic mass is 10.0.